The molecule has 0 spiro atoms. The summed E-state index contributed by atoms with van der Waals surface area (Å²) < 4.78 is 0. The van der Waals surface area contributed by atoms with Gasteiger partial charge in [-0.15, -0.1) is 0 Å². The van der Waals surface area contributed by atoms with Crippen LogP contribution < -0.4 is 5.32 Å². The van der Waals surface area contributed by atoms with Crippen molar-refractivity contribution in [2.24, 2.45) is 10.9 Å². The number of aliphatic imine (C=N–C) groups is 1. The van der Waals surface area contributed by atoms with Crippen molar-refractivity contribution in [3.8, 4) is 0 Å². The molecule has 1 rings (SSSR count). The van der Waals surface area contributed by atoms with Crippen molar-refractivity contribution in [1.29, 1.82) is 0 Å². The van der Waals surface area contributed by atoms with Gasteiger partial charge in [0.1, 0.15) is 0 Å². The van der Waals surface area contributed by atoms with Crippen LogP contribution in [0.2, 0.25) is 0 Å². The minimum atomic E-state index is 0.509. The molecule has 0 aliphatic heterocycles. The second-order valence-electron chi connectivity index (χ2n) is 5.07. The number of amides is 1. The molecule has 0 saturated carbocycles. The summed E-state index contributed by atoms with van der Waals surface area (Å²) >= 11 is 0. The van der Waals surface area contributed by atoms with Gasteiger partial charge < -0.3 is 5.32 Å². The Kier molecular flexibility index (Phi) is 6.71. The van der Waals surface area contributed by atoms with Gasteiger partial charge in [0.05, 0.1) is 0 Å². The molecule has 108 valence electrons. The first-order valence-electron chi connectivity index (χ1n) is 7.06. The SMILES string of the molecule is CCC(C)/C=N\C(C)=C(/C)c1ccc(CNC=O)cc1. The second-order valence-corrected chi connectivity index (χ2v) is 5.07. The summed E-state index contributed by atoms with van der Waals surface area (Å²) in [6.07, 6.45) is 3.84. The second kappa shape index (κ2) is 8.31. The lowest BCUT2D eigenvalue weighted by atomic mass is 10.0. The van der Waals surface area contributed by atoms with Crippen LogP contribution in [0.1, 0.15) is 45.2 Å². The van der Waals surface area contributed by atoms with E-state index in [1.807, 2.05) is 25.3 Å². The topological polar surface area (TPSA) is 41.5 Å². The Balaban J connectivity index is 2.82. The van der Waals surface area contributed by atoms with Gasteiger partial charge in [0.2, 0.25) is 6.41 Å². The molecule has 20 heavy (non-hydrogen) atoms. The Bertz CT molecular complexity index is 486. The highest BCUT2D eigenvalue weighted by molar-refractivity contribution is 5.70. The van der Waals surface area contributed by atoms with Crippen LogP contribution in [0.5, 0.6) is 0 Å². The molecule has 0 fully saturated rings. The third-order valence-electron chi connectivity index (χ3n) is 3.49. The minimum Gasteiger partial charge on any atom is -0.355 e. The van der Waals surface area contributed by atoms with E-state index >= 15 is 0 Å². The number of benzene rings is 1. The molecule has 1 N–H and O–H groups in total. The van der Waals surface area contributed by atoms with Crippen molar-refractivity contribution in [1.82, 2.24) is 5.32 Å². The van der Waals surface area contributed by atoms with Crippen LogP contribution in [0.4, 0.5) is 0 Å². The monoisotopic (exact) mass is 272 g/mol. The van der Waals surface area contributed by atoms with Gasteiger partial charge in [0.15, 0.2) is 0 Å². The summed E-state index contributed by atoms with van der Waals surface area (Å²) in [5.74, 6) is 0.509. The third kappa shape index (κ3) is 5.00. The average molecular weight is 272 g/mol. The summed E-state index contributed by atoms with van der Waals surface area (Å²) in [4.78, 5) is 14.8. The number of hydrogen-bond donors (Lipinski definition) is 1. The fourth-order valence-corrected chi connectivity index (χ4v) is 1.68. The highest BCUT2D eigenvalue weighted by Gasteiger charge is 2.01. The Morgan fingerprint density at radius 2 is 1.95 bits per heavy atom. The van der Waals surface area contributed by atoms with Crippen LogP contribution >= 0.6 is 0 Å². The zero-order valence-corrected chi connectivity index (χ0v) is 12.8. The van der Waals surface area contributed by atoms with Gasteiger partial charge in [-0.3, -0.25) is 9.79 Å². The quantitative estimate of drug-likeness (QED) is 0.595. The van der Waals surface area contributed by atoms with E-state index in [0.29, 0.717) is 18.9 Å². The molecule has 0 aliphatic carbocycles. The van der Waals surface area contributed by atoms with Crippen molar-refractivity contribution in [3.63, 3.8) is 0 Å². The van der Waals surface area contributed by atoms with E-state index in [2.05, 4.69) is 43.2 Å². The van der Waals surface area contributed by atoms with Gasteiger partial charge in [-0.25, -0.2) is 0 Å². The summed E-state index contributed by atoms with van der Waals surface area (Å²) in [6, 6.07) is 8.20. The largest absolute Gasteiger partial charge is 0.355 e. The van der Waals surface area contributed by atoms with E-state index in [4.69, 9.17) is 0 Å². The summed E-state index contributed by atoms with van der Waals surface area (Å²) in [7, 11) is 0. The molecule has 0 saturated heterocycles. The Morgan fingerprint density at radius 3 is 2.50 bits per heavy atom. The number of allylic oxidation sites excluding steroid dienone is 2. The van der Waals surface area contributed by atoms with E-state index in [-0.39, 0.29) is 0 Å². The van der Waals surface area contributed by atoms with E-state index in [1.165, 1.54) is 11.1 Å². The van der Waals surface area contributed by atoms with Crippen LogP contribution in [0.3, 0.4) is 0 Å². The zero-order valence-electron chi connectivity index (χ0n) is 12.8. The number of rotatable bonds is 7. The smallest absolute Gasteiger partial charge is 0.207 e. The minimum absolute atomic E-state index is 0.509. The van der Waals surface area contributed by atoms with Crippen molar-refractivity contribution >= 4 is 18.2 Å². The first-order chi connectivity index (χ1) is 9.58. The fraction of sp³-hybridized carbons (Fsp3) is 0.412. The zero-order chi connectivity index (χ0) is 15.0. The predicted octanol–water partition coefficient (Wildman–Crippen LogP) is 3.80. The molecule has 0 aliphatic rings. The van der Waals surface area contributed by atoms with Gasteiger partial charge in [0.25, 0.3) is 0 Å². The Hall–Kier alpha value is -1.90. The molecular weight excluding hydrogens is 248 g/mol. The van der Waals surface area contributed by atoms with Crippen molar-refractivity contribution in [2.45, 2.75) is 40.7 Å². The molecule has 1 unspecified atom stereocenters. The number of carbonyl (C=O) groups excluding carboxylic acids is 1. The maximum atomic E-state index is 10.3. The summed E-state index contributed by atoms with van der Waals surface area (Å²) in [5, 5.41) is 2.66. The van der Waals surface area contributed by atoms with Crippen LogP contribution in [0.25, 0.3) is 5.57 Å². The number of nitrogens with one attached hydrogen (secondary N) is 1. The van der Waals surface area contributed by atoms with E-state index in [1.54, 1.807) is 0 Å². The van der Waals surface area contributed by atoms with Gasteiger partial charge in [0, 0.05) is 18.5 Å². The lowest BCUT2D eigenvalue weighted by molar-refractivity contribution is -0.109. The Morgan fingerprint density at radius 1 is 1.30 bits per heavy atom. The molecule has 3 heteroatoms. The van der Waals surface area contributed by atoms with Crippen molar-refractivity contribution < 1.29 is 4.79 Å². The van der Waals surface area contributed by atoms with Gasteiger partial charge in [-0.2, -0.15) is 0 Å². The molecular formula is C17H24N2O. The average Bonchev–Trinajstić information content (AvgIpc) is 2.49. The molecule has 0 bridgehead atoms. The van der Waals surface area contributed by atoms with Crippen LogP contribution in [-0.2, 0) is 11.3 Å². The number of carbonyl (C=O) groups is 1. The number of hydrogen-bond acceptors (Lipinski definition) is 2. The molecule has 1 amide bonds. The van der Waals surface area contributed by atoms with Crippen LogP contribution in [-0.4, -0.2) is 12.6 Å². The van der Waals surface area contributed by atoms with Crippen molar-refractivity contribution in [3.05, 3.63) is 41.1 Å². The Labute approximate surface area is 121 Å². The van der Waals surface area contributed by atoms with E-state index in [9.17, 15) is 4.79 Å². The fourth-order valence-electron chi connectivity index (χ4n) is 1.68. The maximum absolute atomic E-state index is 10.3. The molecule has 0 radical (unpaired) electrons. The van der Waals surface area contributed by atoms with E-state index < -0.39 is 0 Å². The number of nitrogens with zero attached hydrogens (tertiary/aromatic N) is 1. The molecule has 1 aromatic rings. The lowest BCUT2D eigenvalue weighted by Gasteiger charge is -2.07. The van der Waals surface area contributed by atoms with Gasteiger partial charge in [-0.05, 0) is 42.9 Å². The molecule has 1 aromatic carbocycles. The first-order valence-corrected chi connectivity index (χ1v) is 7.06. The van der Waals surface area contributed by atoms with Crippen molar-refractivity contribution in [2.75, 3.05) is 0 Å². The van der Waals surface area contributed by atoms with Crippen LogP contribution in [0.15, 0.2) is 35.0 Å². The standard InChI is InChI=1S/C17H24N2O/c1-5-13(2)10-19-15(4)14(3)17-8-6-16(7-9-17)11-18-12-20/h6-10,12-13H,5,11H2,1-4H3,(H,18,20)/b15-14+,19-10-. The first kappa shape index (κ1) is 16.2. The highest BCUT2D eigenvalue weighted by Crippen LogP contribution is 2.19. The van der Waals surface area contributed by atoms with Gasteiger partial charge >= 0.3 is 0 Å². The van der Waals surface area contributed by atoms with E-state index in [0.717, 1.165) is 17.7 Å². The molecule has 1 atom stereocenters. The predicted molar refractivity (Wildman–Crippen MR) is 85.6 cm³/mol. The molecule has 3 nitrogen and oxygen atoms in total. The highest BCUT2D eigenvalue weighted by atomic mass is 16.1. The van der Waals surface area contributed by atoms with Crippen LogP contribution in [0, 0.1) is 5.92 Å². The summed E-state index contributed by atoms with van der Waals surface area (Å²) in [6.45, 7) is 9.02. The molecule has 0 heterocycles. The molecule has 0 aromatic heterocycles. The normalized spacial score (nSPS) is 14.0. The summed E-state index contributed by atoms with van der Waals surface area (Å²) in [5.41, 5.74) is 4.48. The lowest BCUT2D eigenvalue weighted by Crippen LogP contribution is -2.09. The third-order valence-corrected chi connectivity index (χ3v) is 3.49. The van der Waals surface area contributed by atoms with Gasteiger partial charge in [-0.1, -0.05) is 38.1 Å². The maximum Gasteiger partial charge on any atom is 0.207 e.